The molecule has 0 heterocycles. The first kappa shape index (κ1) is 9.88. The zero-order valence-electron chi connectivity index (χ0n) is 7.08. The summed E-state index contributed by atoms with van der Waals surface area (Å²) in [5.74, 6) is 0.944. The van der Waals surface area contributed by atoms with Crippen LogP contribution in [0.1, 0.15) is 32.1 Å². The predicted octanol–water partition coefficient (Wildman–Crippen LogP) is 4.12. The highest BCUT2D eigenvalue weighted by Gasteiger charge is 2.23. The Labute approximate surface area is 79.7 Å². The Morgan fingerprint density at radius 2 is 1.82 bits per heavy atom. The summed E-state index contributed by atoms with van der Waals surface area (Å²) in [6.45, 7) is 0.239. The lowest BCUT2D eigenvalue weighted by atomic mass is 10.1. The summed E-state index contributed by atoms with van der Waals surface area (Å²) in [5.41, 5.74) is 0. The minimum atomic E-state index is -1.78. The Hall–Kier alpha value is 0.797. The van der Waals surface area contributed by atoms with E-state index in [1.165, 1.54) is 32.1 Å². The Bertz CT molecular complexity index is 114. The van der Waals surface area contributed by atoms with Crippen molar-refractivity contribution in [2.45, 2.75) is 44.7 Å². The number of halogens is 2. The molecule has 1 aliphatic carbocycles. The van der Waals surface area contributed by atoms with E-state index in [2.05, 4.69) is 0 Å². The van der Waals surface area contributed by atoms with Gasteiger partial charge in [-0.15, -0.1) is 22.2 Å². The van der Waals surface area contributed by atoms with Gasteiger partial charge in [-0.25, -0.2) is 0 Å². The molecule has 0 unspecified atom stereocenters. The lowest BCUT2D eigenvalue weighted by Gasteiger charge is -2.13. The Morgan fingerprint density at radius 1 is 1.27 bits per heavy atom. The molecular weight excluding hydrogens is 195 g/mol. The van der Waals surface area contributed by atoms with Crippen molar-refractivity contribution in [2.75, 3.05) is 0 Å². The van der Waals surface area contributed by atoms with Crippen molar-refractivity contribution >= 4 is 28.9 Å². The maximum atomic E-state index is 6.02. The molecule has 0 radical (unpaired) electrons. The molecule has 0 spiro atoms. The SMILES string of the molecule is C[Si](Cl)(Cl)CCC1CCCC1. The van der Waals surface area contributed by atoms with Gasteiger partial charge >= 0.3 is 0 Å². The topological polar surface area (TPSA) is 0 Å². The summed E-state index contributed by atoms with van der Waals surface area (Å²) >= 11 is 12.0. The van der Waals surface area contributed by atoms with Crippen molar-refractivity contribution in [1.29, 1.82) is 0 Å². The molecule has 0 saturated heterocycles. The van der Waals surface area contributed by atoms with E-state index >= 15 is 0 Å². The summed E-state index contributed by atoms with van der Waals surface area (Å²) in [6.07, 6.45) is 6.95. The molecule has 0 aromatic rings. The smallest absolute Gasteiger partial charge is 0.146 e. The molecule has 11 heavy (non-hydrogen) atoms. The van der Waals surface area contributed by atoms with Crippen LogP contribution >= 0.6 is 22.2 Å². The molecule has 1 rings (SSSR count). The van der Waals surface area contributed by atoms with Crippen molar-refractivity contribution < 1.29 is 0 Å². The highest BCUT2D eigenvalue weighted by atomic mass is 35.7. The van der Waals surface area contributed by atoms with Crippen LogP contribution in [-0.4, -0.2) is 6.69 Å². The second-order valence-electron chi connectivity index (χ2n) is 3.76. The van der Waals surface area contributed by atoms with Crippen molar-refractivity contribution in [2.24, 2.45) is 5.92 Å². The van der Waals surface area contributed by atoms with E-state index in [4.69, 9.17) is 22.2 Å². The van der Waals surface area contributed by atoms with Gasteiger partial charge < -0.3 is 0 Å². The van der Waals surface area contributed by atoms with Crippen LogP contribution in [0.4, 0.5) is 0 Å². The second kappa shape index (κ2) is 4.15. The van der Waals surface area contributed by atoms with Gasteiger partial charge in [-0.2, -0.15) is 0 Å². The summed E-state index contributed by atoms with van der Waals surface area (Å²) < 4.78 is 0. The molecular formula is C8H16Cl2Si. The minimum absolute atomic E-state index is 0.944. The average molecular weight is 211 g/mol. The third-order valence-electron chi connectivity index (χ3n) is 2.47. The van der Waals surface area contributed by atoms with E-state index in [0.29, 0.717) is 0 Å². The predicted molar refractivity (Wildman–Crippen MR) is 54.7 cm³/mol. The molecule has 3 heteroatoms. The Kier molecular flexibility index (Phi) is 3.73. The largest absolute Gasteiger partial charge is 0.248 e. The molecule has 1 fully saturated rings. The van der Waals surface area contributed by atoms with Gasteiger partial charge in [0, 0.05) is 0 Å². The molecule has 0 aliphatic heterocycles. The molecule has 0 aromatic carbocycles. The van der Waals surface area contributed by atoms with Crippen molar-refractivity contribution in [3.05, 3.63) is 0 Å². The molecule has 0 bridgehead atoms. The van der Waals surface area contributed by atoms with Crippen molar-refractivity contribution in [3.8, 4) is 0 Å². The van der Waals surface area contributed by atoms with Crippen LogP contribution in [0.3, 0.4) is 0 Å². The van der Waals surface area contributed by atoms with Crippen LogP contribution < -0.4 is 0 Å². The summed E-state index contributed by atoms with van der Waals surface area (Å²) in [4.78, 5) is 0. The van der Waals surface area contributed by atoms with E-state index in [1.54, 1.807) is 0 Å². The van der Waals surface area contributed by atoms with Gasteiger partial charge in [-0.05, 0) is 18.5 Å². The minimum Gasteiger partial charge on any atom is -0.146 e. The molecule has 0 aromatic heterocycles. The van der Waals surface area contributed by atoms with E-state index in [0.717, 1.165) is 12.0 Å². The molecule has 1 saturated carbocycles. The van der Waals surface area contributed by atoms with Crippen LogP contribution in [0.5, 0.6) is 0 Å². The fourth-order valence-electron chi connectivity index (χ4n) is 1.76. The molecule has 0 atom stereocenters. The molecule has 0 amide bonds. The fourth-order valence-corrected chi connectivity index (χ4v) is 3.33. The van der Waals surface area contributed by atoms with Crippen LogP contribution in [0, 0.1) is 5.92 Å². The highest BCUT2D eigenvalue weighted by Crippen LogP contribution is 2.32. The highest BCUT2D eigenvalue weighted by molar-refractivity contribution is 7.44. The quantitative estimate of drug-likeness (QED) is 0.486. The maximum absolute atomic E-state index is 6.02. The van der Waals surface area contributed by atoms with Gasteiger partial charge in [0.15, 0.2) is 0 Å². The van der Waals surface area contributed by atoms with E-state index in [9.17, 15) is 0 Å². The van der Waals surface area contributed by atoms with E-state index < -0.39 is 6.69 Å². The standard InChI is InChI=1S/C8H16Cl2Si/c1-11(9,10)7-6-8-4-2-3-5-8/h8H,2-7H2,1H3. The third kappa shape index (κ3) is 4.39. The maximum Gasteiger partial charge on any atom is 0.248 e. The molecule has 1 aliphatic rings. The van der Waals surface area contributed by atoms with Gasteiger partial charge in [0.25, 0.3) is 0 Å². The van der Waals surface area contributed by atoms with Crippen LogP contribution in [0.15, 0.2) is 0 Å². The third-order valence-corrected chi connectivity index (χ3v) is 4.77. The van der Waals surface area contributed by atoms with Gasteiger partial charge in [-0.3, -0.25) is 0 Å². The second-order valence-corrected chi connectivity index (χ2v) is 12.0. The average Bonchev–Trinajstić information content (AvgIpc) is 2.32. The fraction of sp³-hybridized carbons (Fsp3) is 1.00. The lowest BCUT2D eigenvalue weighted by Crippen LogP contribution is -2.13. The first-order valence-electron chi connectivity index (χ1n) is 4.46. The molecule has 0 N–H and O–H groups in total. The number of rotatable bonds is 3. The zero-order chi connectivity index (χ0) is 8.32. The van der Waals surface area contributed by atoms with Gasteiger partial charge in [0.2, 0.25) is 6.69 Å². The van der Waals surface area contributed by atoms with Gasteiger partial charge in [0.05, 0.1) is 0 Å². The number of hydrogen-bond donors (Lipinski definition) is 0. The summed E-state index contributed by atoms with van der Waals surface area (Å²) in [6, 6.07) is 1.08. The van der Waals surface area contributed by atoms with E-state index in [1.807, 2.05) is 6.55 Å². The van der Waals surface area contributed by atoms with Crippen molar-refractivity contribution in [3.63, 3.8) is 0 Å². The Morgan fingerprint density at radius 3 is 2.27 bits per heavy atom. The van der Waals surface area contributed by atoms with Crippen LogP contribution in [-0.2, 0) is 0 Å². The van der Waals surface area contributed by atoms with Crippen LogP contribution in [0.2, 0.25) is 12.6 Å². The Balaban J connectivity index is 2.11. The normalized spacial score (nSPS) is 21.0. The monoisotopic (exact) mass is 210 g/mol. The lowest BCUT2D eigenvalue weighted by molar-refractivity contribution is 0.529. The van der Waals surface area contributed by atoms with Crippen molar-refractivity contribution in [1.82, 2.24) is 0 Å². The zero-order valence-corrected chi connectivity index (χ0v) is 9.59. The molecule has 66 valence electrons. The first-order valence-corrected chi connectivity index (χ1v) is 9.19. The summed E-state index contributed by atoms with van der Waals surface area (Å²) in [5, 5.41) is 0. The first-order chi connectivity index (χ1) is 5.08. The number of hydrogen-bond acceptors (Lipinski definition) is 0. The van der Waals surface area contributed by atoms with Crippen LogP contribution in [0.25, 0.3) is 0 Å². The van der Waals surface area contributed by atoms with Gasteiger partial charge in [-0.1, -0.05) is 32.1 Å². The van der Waals surface area contributed by atoms with E-state index in [-0.39, 0.29) is 0 Å². The molecule has 0 nitrogen and oxygen atoms in total. The summed E-state index contributed by atoms with van der Waals surface area (Å²) in [7, 11) is 0. The van der Waals surface area contributed by atoms with Gasteiger partial charge in [0.1, 0.15) is 0 Å².